The molecule has 7 heteroatoms. The number of halogens is 1. The Labute approximate surface area is 175 Å². The molecule has 0 N–H and O–H groups in total. The SMILES string of the molecule is O=C(/C=C/c1ccc2c(c1)OCO2)N1CCN(CCOc2ccc(Cl)cc2)CC1. The molecule has 0 unspecified atom stereocenters. The molecule has 0 aromatic heterocycles. The lowest BCUT2D eigenvalue weighted by Gasteiger charge is -2.34. The van der Waals surface area contributed by atoms with Gasteiger partial charge in [-0.15, -0.1) is 0 Å². The molecule has 2 heterocycles. The van der Waals surface area contributed by atoms with E-state index in [1.165, 1.54) is 0 Å². The first-order valence-electron chi connectivity index (χ1n) is 9.65. The maximum atomic E-state index is 12.5. The van der Waals surface area contributed by atoms with E-state index in [0.717, 1.165) is 36.7 Å². The summed E-state index contributed by atoms with van der Waals surface area (Å²) < 4.78 is 16.4. The zero-order valence-corrected chi connectivity index (χ0v) is 16.8. The zero-order chi connectivity index (χ0) is 20.1. The summed E-state index contributed by atoms with van der Waals surface area (Å²) in [5.74, 6) is 2.30. The average molecular weight is 415 g/mol. The second-order valence-electron chi connectivity index (χ2n) is 6.92. The van der Waals surface area contributed by atoms with Crippen LogP contribution in [0.1, 0.15) is 5.56 Å². The van der Waals surface area contributed by atoms with Crippen molar-refractivity contribution in [3.8, 4) is 17.2 Å². The van der Waals surface area contributed by atoms with Gasteiger partial charge in [0, 0.05) is 43.8 Å². The van der Waals surface area contributed by atoms with Crippen LogP contribution < -0.4 is 14.2 Å². The normalized spacial score (nSPS) is 16.4. The highest BCUT2D eigenvalue weighted by Crippen LogP contribution is 2.32. The van der Waals surface area contributed by atoms with Crippen molar-refractivity contribution in [2.24, 2.45) is 0 Å². The molecule has 152 valence electrons. The molecule has 0 bridgehead atoms. The molecule has 0 aliphatic carbocycles. The highest BCUT2D eigenvalue weighted by atomic mass is 35.5. The number of amides is 1. The molecule has 6 nitrogen and oxygen atoms in total. The lowest BCUT2D eigenvalue weighted by molar-refractivity contribution is -0.127. The molecule has 1 fully saturated rings. The number of hydrogen-bond donors (Lipinski definition) is 0. The van der Waals surface area contributed by atoms with Crippen molar-refractivity contribution in [1.29, 1.82) is 0 Å². The van der Waals surface area contributed by atoms with E-state index in [-0.39, 0.29) is 12.7 Å². The van der Waals surface area contributed by atoms with E-state index in [1.54, 1.807) is 6.08 Å². The lowest BCUT2D eigenvalue weighted by atomic mass is 10.2. The topological polar surface area (TPSA) is 51.2 Å². The monoisotopic (exact) mass is 414 g/mol. The van der Waals surface area contributed by atoms with E-state index in [4.69, 9.17) is 25.8 Å². The second-order valence-corrected chi connectivity index (χ2v) is 7.35. The molecule has 2 aliphatic heterocycles. The number of hydrogen-bond acceptors (Lipinski definition) is 5. The lowest BCUT2D eigenvalue weighted by Crippen LogP contribution is -2.49. The number of carbonyl (C=O) groups excluding carboxylic acids is 1. The fourth-order valence-corrected chi connectivity index (χ4v) is 3.43. The van der Waals surface area contributed by atoms with Gasteiger partial charge in [0.05, 0.1) is 0 Å². The first-order valence-corrected chi connectivity index (χ1v) is 10.0. The van der Waals surface area contributed by atoms with Gasteiger partial charge in [-0.1, -0.05) is 17.7 Å². The van der Waals surface area contributed by atoms with Gasteiger partial charge in [-0.25, -0.2) is 0 Å². The van der Waals surface area contributed by atoms with Gasteiger partial charge in [-0.3, -0.25) is 9.69 Å². The van der Waals surface area contributed by atoms with Crippen molar-refractivity contribution in [2.45, 2.75) is 0 Å². The summed E-state index contributed by atoms with van der Waals surface area (Å²) in [4.78, 5) is 16.6. The fourth-order valence-electron chi connectivity index (χ4n) is 3.31. The Balaban J connectivity index is 1.20. The summed E-state index contributed by atoms with van der Waals surface area (Å²) >= 11 is 5.87. The minimum absolute atomic E-state index is 0.0275. The molecule has 0 atom stereocenters. The van der Waals surface area contributed by atoms with Crippen LogP contribution in [0.4, 0.5) is 0 Å². The van der Waals surface area contributed by atoms with Gasteiger partial charge in [-0.2, -0.15) is 0 Å². The van der Waals surface area contributed by atoms with Gasteiger partial charge >= 0.3 is 0 Å². The minimum Gasteiger partial charge on any atom is -0.492 e. The molecule has 0 radical (unpaired) electrons. The van der Waals surface area contributed by atoms with E-state index >= 15 is 0 Å². The second kappa shape index (κ2) is 9.20. The number of ether oxygens (including phenoxy) is 3. The fraction of sp³-hybridized carbons (Fsp3) is 0.318. The van der Waals surface area contributed by atoms with Crippen LogP contribution >= 0.6 is 11.6 Å². The number of nitrogens with zero attached hydrogens (tertiary/aromatic N) is 2. The summed E-state index contributed by atoms with van der Waals surface area (Å²) in [6.45, 7) is 4.80. The van der Waals surface area contributed by atoms with Crippen molar-refractivity contribution >= 4 is 23.6 Å². The molecule has 1 saturated heterocycles. The molecule has 2 aromatic carbocycles. The van der Waals surface area contributed by atoms with Gasteiger partial charge in [0.2, 0.25) is 12.7 Å². The van der Waals surface area contributed by atoms with Crippen LogP contribution in [0.15, 0.2) is 48.5 Å². The zero-order valence-electron chi connectivity index (χ0n) is 16.1. The maximum Gasteiger partial charge on any atom is 0.246 e. The summed E-state index contributed by atoms with van der Waals surface area (Å²) in [6.07, 6.45) is 3.44. The minimum atomic E-state index is 0.0275. The first-order chi connectivity index (χ1) is 14.2. The number of carbonyl (C=O) groups is 1. The van der Waals surface area contributed by atoms with Crippen LogP contribution in [0, 0.1) is 0 Å². The Hall–Kier alpha value is -2.70. The van der Waals surface area contributed by atoms with Gasteiger partial charge in [0.15, 0.2) is 11.5 Å². The Bertz CT molecular complexity index is 877. The maximum absolute atomic E-state index is 12.5. The third-order valence-corrected chi connectivity index (χ3v) is 5.24. The van der Waals surface area contributed by atoms with E-state index in [1.807, 2.05) is 53.4 Å². The number of fused-ring (bicyclic) bond motifs is 1. The summed E-state index contributed by atoms with van der Waals surface area (Å²) in [7, 11) is 0. The Kier molecular flexibility index (Phi) is 6.22. The summed E-state index contributed by atoms with van der Waals surface area (Å²) in [5, 5.41) is 0.700. The van der Waals surface area contributed by atoms with E-state index in [2.05, 4.69) is 4.90 Å². The molecule has 29 heavy (non-hydrogen) atoms. The Morgan fingerprint density at radius 1 is 1.03 bits per heavy atom. The van der Waals surface area contributed by atoms with Crippen molar-refractivity contribution in [2.75, 3.05) is 46.1 Å². The molecule has 4 rings (SSSR count). The molecule has 0 spiro atoms. The summed E-state index contributed by atoms with van der Waals surface area (Å²) in [5.41, 5.74) is 0.917. The van der Waals surface area contributed by atoms with E-state index in [0.29, 0.717) is 30.5 Å². The van der Waals surface area contributed by atoms with Crippen LogP contribution in [-0.4, -0.2) is 61.8 Å². The molecule has 2 aromatic rings. The van der Waals surface area contributed by atoms with Crippen LogP contribution in [-0.2, 0) is 4.79 Å². The molecule has 2 aliphatic rings. The molecular weight excluding hydrogens is 392 g/mol. The quantitative estimate of drug-likeness (QED) is 0.679. The molecule has 1 amide bonds. The summed E-state index contributed by atoms with van der Waals surface area (Å²) in [6, 6.07) is 13.0. The molecular formula is C22H23ClN2O4. The van der Waals surface area contributed by atoms with Gasteiger partial charge in [0.25, 0.3) is 0 Å². The van der Waals surface area contributed by atoms with Crippen LogP contribution in [0.25, 0.3) is 6.08 Å². The first kappa shape index (κ1) is 19.6. The van der Waals surface area contributed by atoms with Crippen LogP contribution in [0.2, 0.25) is 5.02 Å². The molecule has 0 saturated carbocycles. The number of benzene rings is 2. The van der Waals surface area contributed by atoms with Crippen LogP contribution in [0.3, 0.4) is 0 Å². The van der Waals surface area contributed by atoms with Crippen molar-refractivity contribution in [3.05, 3.63) is 59.1 Å². The van der Waals surface area contributed by atoms with E-state index < -0.39 is 0 Å². The Morgan fingerprint density at radius 2 is 1.79 bits per heavy atom. The highest BCUT2D eigenvalue weighted by molar-refractivity contribution is 6.30. The number of rotatable bonds is 6. The highest BCUT2D eigenvalue weighted by Gasteiger charge is 2.19. The number of piperazine rings is 1. The van der Waals surface area contributed by atoms with Gasteiger partial charge < -0.3 is 19.1 Å². The smallest absolute Gasteiger partial charge is 0.246 e. The largest absolute Gasteiger partial charge is 0.492 e. The standard InChI is InChI=1S/C22H23ClN2O4/c23-18-3-5-19(6-4-18)27-14-13-24-9-11-25(12-10-24)22(26)8-2-17-1-7-20-21(15-17)29-16-28-20/h1-8,15H,9-14,16H2/b8-2+. The average Bonchev–Trinajstić information content (AvgIpc) is 3.22. The van der Waals surface area contributed by atoms with E-state index in [9.17, 15) is 4.79 Å². The van der Waals surface area contributed by atoms with Crippen molar-refractivity contribution < 1.29 is 19.0 Å². The van der Waals surface area contributed by atoms with Crippen molar-refractivity contribution in [1.82, 2.24) is 9.80 Å². The van der Waals surface area contributed by atoms with Crippen molar-refractivity contribution in [3.63, 3.8) is 0 Å². The van der Waals surface area contributed by atoms with Gasteiger partial charge in [0.1, 0.15) is 12.4 Å². The predicted octanol–water partition coefficient (Wildman–Crippen LogP) is 3.31. The van der Waals surface area contributed by atoms with Gasteiger partial charge in [-0.05, 0) is 48.0 Å². The predicted molar refractivity (Wildman–Crippen MR) is 112 cm³/mol. The Morgan fingerprint density at radius 3 is 2.59 bits per heavy atom. The van der Waals surface area contributed by atoms with Crippen LogP contribution in [0.5, 0.6) is 17.2 Å². The third-order valence-electron chi connectivity index (χ3n) is 4.99. The third kappa shape index (κ3) is 5.22.